The summed E-state index contributed by atoms with van der Waals surface area (Å²) >= 11 is 0. The first-order valence-corrected chi connectivity index (χ1v) is 10.1. The standard InChI is InChI=1S/C23H24N4O3/c1-13(2)20-26-23(30-27-20)18-6-4-5-14(3)19(18)25-22(29)16-9-11-17(12-10-16)24-21(28)15-7-8-15/h4-6,9-13,15H,7-8H2,1-3H3,(H,24,28)(H,25,29). The third-order valence-electron chi connectivity index (χ3n) is 5.06. The molecule has 0 unspecified atom stereocenters. The second-order valence-electron chi connectivity index (χ2n) is 7.90. The normalized spacial score (nSPS) is 13.3. The van der Waals surface area contributed by atoms with Crippen LogP contribution < -0.4 is 10.6 Å². The van der Waals surface area contributed by atoms with Gasteiger partial charge < -0.3 is 15.2 Å². The monoisotopic (exact) mass is 404 g/mol. The van der Waals surface area contributed by atoms with E-state index in [-0.39, 0.29) is 23.7 Å². The third-order valence-corrected chi connectivity index (χ3v) is 5.06. The van der Waals surface area contributed by atoms with Gasteiger partial charge in [-0.05, 0) is 55.7 Å². The van der Waals surface area contributed by atoms with Crippen LogP contribution in [0.1, 0.15) is 54.4 Å². The molecular weight excluding hydrogens is 380 g/mol. The molecule has 30 heavy (non-hydrogen) atoms. The van der Waals surface area contributed by atoms with Gasteiger partial charge in [-0.3, -0.25) is 9.59 Å². The van der Waals surface area contributed by atoms with Gasteiger partial charge in [-0.15, -0.1) is 0 Å². The number of benzene rings is 2. The SMILES string of the molecule is Cc1cccc(-c2nc(C(C)C)no2)c1NC(=O)c1ccc(NC(=O)C2CC2)cc1. The second kappa shape index (κ2) is 8.10. The first kappa shape index (κ1) is 19.8. The predicted molar refractivity (Wildman–Crippen MR) is 114 cm³/mol. The van der Waals surface area contributed by atoms with E-state index >= 15 is 0 Å². The van der Waals surface area contributed by atoms with Crippen LogP contribution in [-0.4, -0.2) is 22.0 Å². The Morgan fingerprint density at radius 3 is 2.43 bits per heavy atom. The fraction of sp³-hybridized carbons (Fsp3) is 0.304. The van der Waals surface area contributed by atoms with Crippen LogP contribution in [0, 0.1) is 12.8 Å². The van der Waals surface area contributed by atoms with Gasteiger partial charge in [0.15, 0.2) is 5.82 Å². The quantitative estimate of drug-likeness (QED) is 0.617. The molecule has 7 heteroatoms. The molecule has 0 aliphatic heterocycles. The van der Waals surface area contributed by atoms with Crippen molar-refractivity contribution in [1.29, 1.82) is 0 Å². The van der Waals surface area contributed by atoms with Crippen molar-refractivity contribution in [1.82, 2.24) is 10.1 Å². The first-order valence-electron chi connectivity index (χ1n) is 10.1. The minimum absolute atomic E-state index is 0.0390. The molecule has 0 atom stereocenters. The Hall–Kier alpha value is -3.48. The molecule has 3 aromatic rings. The fourth-order valence-corrected chi connectivity index (χ4v) is 3.07. The van der Waals surface area contributed by atoms with E-state index < -0.39 is 0 Å². The number of para-hydroxylation sites is 1. The summed E-state index contributed by atoms with van der Waals surface area (Å²) < 4.78 is 5.42. The number of aromatic nitrogens is 2. The van der Waals surface area contributed by atoms with E-state index in [2.05, 4.69) is 20.8 Å². The Morgan fingerprint density at radius 2 is 1.80 bits per heavy atom. The highest BCUT2D eigenvalue weighted by atomic mass is 16.5. The number of amides is 2. The van der Waals surface area contributed by atoms with Gasteiger partial charge in [0.1, 0.15) is 0 Å². The number of hydrogen-bond donors (Lipinski definition) is 2. The smallest absolute Gasteiger partial charge is 0.260 e. The van der Waals surface area contributed by atoms with Crippen molar-refractivity contribution in [3.05, 3.63) is 59.4 Å². The Balaban J connectivity index is 1.53. The predicted octanol–water partition coefficient (Wildman–Crippen LogP) is 4.77. The highest BCUT2D eigenvalue weighted by Gasteiger charge is 2.29. The Kier molecular flexibility index (Phi) is 5.35. The van der Waals surface area contributed by atoms with Crippen LogP contribution >= 0.6 is 0 Å². The van der Waals surface area contributed by atoms with Crippen molar-refractivity contribution in [3.63, 3.8) is 0 Å². The summed E-state index contributed by atoms with van der Waals surface area (Å²) in [5.74, 6) is 1.05. The van der Waals surface area contributed by atoms with Gasteiger partial charge in [-0.1, -0.05) is 31.1 Å². The van der Waals surface area contributed by atoms with Crippen molar-refractivity contribution >= 4 is 23.2 Å². The Labute approximate surface area is 174 Å². The molecule has 1 aliphatic carbocycles. The Bertz CT molecular complexity index is 1080. The van der Waals surface area contributed by atoms with Gasteiger partial charge in [0, 0.05) is 23.1 Å². The van der Waals surface area contributed by atoms with E-state index in [1.165, 1.54) is 0 Å². The summed E-state index contributed by atoms with van der Waals surface area (Å²) in [6, 6.07) is 12.5. The average Bonchev–Trinajstić information content (AvgIpc) is 3.46. The van der Waals surface area contributed by atoms with E-state index in [0.717, 1.165) is 18.4 Å². The van der Waals surface area contributed by atoms with E-state index in [1.54, 1.807) is 24.3 Å². The van der Waals surface area contributed by atoms with Crippen molar-refractivity contribution < 1.29 is 14.1 Å². The van der Waals surface area contributed by atoms with Gasteiger partial charge in [0.05, 0.1) is 11.3 Å². The molecule has 0 bridgehead atoms. The molecule has 154 valence electrons. The lowest BCUT2D eigenvalue weighted by molar-refractivity contribution is -0.117. The maximum atomic E-state index is 12.8. The summed E-state index contributed by atoms with van der Waals surface area (Å²) in [4.78, 5) is 29.2. The molecule has 2 amide bonds. The number of hydrogen-bond acceptors (Lipinski definition) is 5. The zero-order chi connectivity index (χ0) is 21.3. The number of carbonyl (C=O) groups is 2. The van der Waals surface area contributed by atoms with Crippen LogP contribution in [0.5, 0.6) is 0 Å². The minimum Gasteiger partial charge on any atom is -0.334 e. The maximum Gasteiger partial charge on any atom is 0.260 e. The molecule has 1 heterocycles. The molecule has 2 N–H and O–H groups in total. The molecule has 1 aliphatic rings. The van der Waals surface area contributed by atoms with Crippen LogP contribution in [0.3, 0.4) is 0 Å². The second-order valence-corrected chi connectivity index (χ2v) is 7.90. The molecule has 4 rings (SSSR count). The van der Waals surface area contributed by atoms with Crippen LogP contribution in [0.15, 0.2) is 47.0 Å². The molecule has 7 nitrogen and oxygen atoms in total. The summed E-state index contributed by atoms with van der Waals surface area (Å²) in [7, 11) is 0. The number of aryl methyl sites for hydroxylation is 1. The van der Waals surface area contributed by atoms with Crippen LogP contribution in [0.4, 0.5) is 11.4 Å². The number of nitrogens with one attached hydrogen (secondary N) is 2. The molecule has 0 spiro atoms. The molecule has 1 fully saturated rings. The van der Waals surface area contributed by atoms with Gasteiger partial charge >= 0.3 is 0 Å². The average molecular weight is 404 g/mol. The molecule has 2 aromatic carbocycles. The van der Waals surface area contributed by atoms with E-state index in [1.807, 2.05) is 39.0 Å². The molecule has 1 saturated carbocycles. The number of carbonyl (C=O) groups excluding carboxylic acids is 2. The molecule has 1 aromatic heterocycles. The summed E-state index contributed by atoms with van der Waals surface area (Å²) in [6.07, 6.45) is 1.90. The zero-order valence-corrected chi connectivity index (χ0v) is 17.2. The number of anilines is 2. The fourth-order valence-electron chi connectivity index (χ4n) is 3.07. The highest BCUT2D eigenvalue weighted by Crippen LogP contribution is 2.32. The molecule has 0 saturated heterocycles. The van der Waals surface area contributed by atoms with Crippen LogP contribution in [0.2, 0.25) is 0 Å². The summed E-state index contributed by atoms with van der Waals surface area (Å²) in [6.45, 7) is 5.89. The topological polar surface area (TPSA) is 97.1 Å². The van der Waals surface area contributed by atoms with Gasteiger partial charge in [-0.25, -0.2) is 0 Å². The van der Waals surface area contributed by atoms with Crippen molar-refractivity contribution in [2.24, 2.45) is 5.92 Å². The third kappa shape index (κ3) is 4.25. The van der Waals surface area contributed by atoms with Gasteiger partial charge in [-0.2, -0.15) is 4.98 Å². The van der Waals surface area contributed by atoms with Crippen LogP contribution in [-0.2, 0) is 4.79 Å². The summed E-state index contributed by atoms with van der Waals surface area (Å²) in [5.41, 5.74) is 3.37. The summed E-state index contributed by atoms with van der Waals surface area (Å²) in [5, 5.41) is 9.86. The van der Waals surface area contributed by atoms with Crippen molar-refractivity contribution in [3.8, 4) is 11.5 Å². The van der Waals surface area contributed by atoms with E-state index in [4.69, 9.17) is 4.52 Å². The van der Waals surface area contributed by atoms with Crippen molar-refractivity contribution in [2.75, 3.05) is 10.6 Å². The lowest BCUT2D eigenvalue weighted by atomic mass is 10.1. The Morgan fingerprint density at radius 1 is 1.07 bits per heavy atom. The maximum absolute atomic E-state index is 12.8. The van der Waals surface area contributed by atoms with Gasteiger partial charge in [0.25, 0.3) is 11.8 Å². The molecule has 0 radical (unpaired) electrons. The number of nitrogens with zero attached hydrogens (tertiary/aromatic N) is 2. The first-order chi connectivity index (χ1) is 14.4. The lowest BCUT2D eigenvalue weighted by Gasteiger charge is -2.12. The molecular formula is C23H24N4O3. The van der Waals surface area contributed by atoms with E-state index in [9.17, 15) is 9.59 Å². The van der Waals surface area contributed by atoms with Crippen LogP contribution in [0.25, 0.3) is 11.5 Å². The zero-order valence-electron chi connectivity index (χ0n) is 17.2. The van der Waals surface area contributed by atoms with Crippen molar-refractivity contribution in [2.45, 2.75) is 39.5 Å². The lowest BCUT2D eigenvalue weighted by Crippen LogP contribution is -2.15. The largest absolute Gasteiger partial charge is 0.334 e. The highest BCUT2D eigenvalue weighted by molar-refractivity contribution is 6.07. The van der Waals surface area contributed by atoms with Gasteiger partial charge in [0.2, 0.25) is 5.91 Å². The minimum atomic E-state index is -0.255. The number of rotatable bonds is 6. The van der Waals surface area contributed by atoms with E-state index in [0.29, 0.717) is 34.2 Å².